The Bertz CT molecular complexity index is 586. The average Bonchev–Trinajstić information content (AvgIpc) is 2.44. The first-order valence-corrected chi connectivity index (χ1v) is 7.60. The van der Waals surface area contributed by atoms with Crippen molar-refractivity contribution in [3.05, 3.63) is 68.7 Å². The Morgan fingerprint density at radius 1 is 1.20 bits per heavy atom. The van der Waals surface area contributed by atoms with Gasteiger partial charge in [-0.15, -0.1) is 0 Å². The summed E-state index contributed by atoms with van der Waals surface area (Å²) in [7, 11) is 0. The molecule has 0 spiro atoms. The van der Waals surface area contributed by atoms with Crippen LogP contribution in [0.3, 0.4) is 0 Å². The van der Waals surface area contributed by atoms with Crippen LogP contribution in [0.1, 0.15) is 28.7 Å². The van der Waals surface area contributed by atoms with Gasteiger partial charge in [-0.05, 0) is 30.2 Å². The van der Waals surface area contributed by atoms with Crippen molar-refractivity contribution in [2.45, 2.75) is 18.9 Å². The van der Waals surface area contributed by atoms with Crippen molar-refractivity contribution in [1.82, 2.24) is 0 Å². The number of nitrogens with two attached hydrogens (primary N) is 1. The number of aryl methyl sites for hydroxylation is 1. The van der Waals surface area contributed by atoms with Gasteiger partial charge in [-0.2, -0.15) is 0 Å². The standard InChI is InChI=1S/C16H17BrClNO/c1-10-3-2-4-13(15(10)18)16(20)14(9-19)11-5-7-12(17)8-6-11/h2-8,14,16,20H,9,19H2,1H3. The summed E-state index contributed by atoms with van der Waals surface area (Å²) in [6.45, 7) is 2.28. The minimum atomic E-state index is -0.714. The Balaban J connectivity index is 2.36. The lowest BCUT2D eigenvalue weighted by atomic mass is 9.88. The van der Waals surface area contributed by atoms with Crippen LogP contribution in [0, 0.1) is 6.92 Å². The zero-order valence-electron chi connectivity index (χ0n) is 11.2. The topological polar surface area (TPSA) is 46.2 Å². The molecule has 0 amide bonds. The van der Waals surface area contributed by atoms with E-state index < -0.39 is 6.10 Å². The van der Waals surface area contributed by atoms with Crippen LogP contribution < -0.4 is 5.73 Å². The molecule has 0 heterocycles. The van der Waals surface area contributed by atoms with Crippen molar-refractivity contribution in [3.63, 3.8) is 0 Å². The van der Waals surface area contributed by atoms with Crippen LogP contribution in [-0.2, 0) is 0 Å². The van der Waals surface area contributed by atoms with E-state index in [1.165, 1.54) is 0 Å². The Morgan fingerprint density at radius 3 is 2.45 bits per heavy atom. The van der Waals surface area contributed by atoms with Gasteiger partial charge in [0.15, 0.2) is 0 Å². The number of benzene rings is 2. The van der Waals surface area contributed by atoms with Crippen LogP contribution >= 0.6 is 27.5 Å². The molecule has 0 saturated heterocycles. The van der Waals surface area contributed by atoms with Crippen molar-refractivity contribution >= 4 is 27.5 Å². The Morgan fingerprint density at radius 2 is 1.85 bits per heavy atom. The quantitative estimate of drug-likeness (QED) is 0.865. The molecule has 0 radical (unpaired) electrons. The van der Waals surface area contributed by atoms with Gasteiger partial charge in [-0.3, -0.25) is 0 Å². The van der Waals surface area contributed by atoms with Crippen LogP contribution in [0.25, 0.3) is 0 Å². The molecule has 0 fully saturated rings. The minimum absolute atomic E-state index is 0.178. The lowest BCUT2D eigenvalue weighted by Crippen LogP contribution is -2.20. The number of halogens is 2. The molecule has 2 aromatic rings. The second-order valence-corrected chi connectivity index (χ2v) is 6.11. The molecule has 20 heavy (non-hydrogen) atoms. The van der Waals surface area contributed by atoms with Crippen LogP contribution in [0.5, 0.6) is 0 Å². The van der Waals surface area contributed by atoms with E-state index >= 15 is 0 Å². The summed E-state index contributed by atoms with van der Waals surface area (Å²) in [5, 5.41) is 11.2. The summed E-state index contributed by atoms with van der Waals surface area (Å²) in [5.74, 6) is -0.178. The molecule has 3 N–H and O–H groups in total. The summed E-state index contributed by atoms with van der Waals surface area (Å²) < 4.78 is 1.00. The van der Waals surface area contributed by atoms with E-state index in [4.69, 9.17) is 17.3 Å². The predicted octanol–water partition coefficient (Wildman–Crippen LogP) is 4.19. The molecule has 2 rings (SSSR count). The fourth-order valence-corrected chi connectivity index (χ4v) is 2.77. The molecule has 0 bridgehead atoms. The van der Waals surface area contributed by atoms with Gasteiger partial charge in [0.05, 0.1) is 6.10 Å². The minimum Gasteiger partial charge on any atom is -0.388 e. The van der Waals surface area contributed by atoms with Gasteiger partial charge in [-0.1, -0.05) is 57.9 Å². The zero-order valence-corrected chi connectivity index (χ0v) is 13.5. The molecule has 0 saturated carbocycles. The smallest absolute Gasteiger partial charge is 0.0885 e. The highest BCUT2D eigenvalue weighted by molar-refractivity contribution is 9.10. The summed E-state index contributed by atoms with van der Waals surface area (Å²) in [5.41, 5.74) is 8.54. The average molecular weight is 355 g/mol. The predicted molar refractivity (Wildman–Crippen MR) is 87.1 cm³/mol. The first-order chi connectivity index (χ1) is 9.54. The molecule has 106 valence electrons. The van der Waals surface area contributed by atoms with Gasteiger partial charge in [0, 0.05) is 27.5 Å². The fraction of sp³-hybridized carbons (Fsp3) is 0.250. The normalized spacial score (nSPS) is 14.1. The van der Waals surface area contributed by atoms with Gasteiger partial charge in [-0.25, -0.2) is 0 Å². The van der Waals surface area contributed by atoms with Gasteiger partial charge >= 0.3 is 0 Å². The first-order valence-electron chi connectivity index (χ1n) is 6.43. The van der Waals surface area contributed by atoms with Crippen molar-refractivity contribution in [2.75, 3.05) is 6.54 Å². The van der Waals surface area contributed by atoms with Crippen molar-refractivity contribution in [3.8, 4) is 0 Å². The summed E-state index contributed by atoms with van der Waals surface area (Å²) in [6, 6.07) is 13.5. The number of aliphatic hydroxyl groups excluding tert-OH is 1. The summed E-state index contributed by atoms with van der Waals surface area (Å²) >= 11 is 9.70. The molecule has 2 nitrogen and oxygen atoms in total. The Kier molecular flexibility index (Phi) is 5.22. The van der Waals surface area contributed by atoms with Crippen LogP contribution in [0.2, 0.25) is 5.02 Å². The van der Waals surface area contributed by atoms with Gasteiger partial charge in [0.1, 0.15) is 0 Å². The number of rotatable bonds is 4. The van der Waals surface area contributed by atoms with Gasteiger partial charge in [0.2, 0.25) is 0 Å². The number of hydrogen-bond donors (Lipinski definition) is 2. The molecule has 2 unspecified atom stereocenters. The highest BCUT2D eigenvalue weighted by atomic mass is 79.9. The third-order valence-electron chi connectivity index (χ3n) is 3.47. The second kappa shape index (κ2) is 6.72. The van der Waals surface area contributed by atoms with E-state index in [1.54, 1.807) is 0 Å². The third kappa shape index (κ3) is 3.23. The molecule has 0 aromatic heterocycles. The summed E-state index contributed by atoms with van der Waals surface area (Å²) in [6.07, 6.45) is -0.714. The van der Waals surface area contributed by atoms with Crippen molar-refractivity contribution < 1.29 is 5.11 Å². The number of aliphatic hydroxyl groups is 1. The second-order valence-electron chi connectivity index (χ2n) is 4.82. The maximum Gasteiger partial charge on any atom is 0.0885 e. The molecule has 0 aliphatic carbocycles. The van der Waals surface area contributed by atoms with Crippen LogP contribution in [-0.4, -0.2) is 11.7 Å². The van der Waals surface area contributed by atoms with Gasteiger partial charge in [0.25, 0.3) is 0 Å². The van der Waals surface area contributed by atoms with E-state index in [0.717, 1.165) is 21.2 Å². The number of hydrogen-bond acceptors (Lipinski definition) is 2. The summed E-state index contributed by atoms with van der Waals surface area (Å²) in [4.78, 5) is 0. The highest BCUT2D eigenvalue weighted by Gasteiger charge is 2.23. The van der Waals surface area contributed by atoms with Crippen molar-refractivity contribution in [2.24, 2.45) is 5.73 Å². The Labute approximate surface area is 132 Å². The molecule has 0 aliphatic rings. The fourth-order valence-electron chi connectivity index (χ4n) is 2.27. The van der Waals surface area contributed by atoms with Crippen LogP contribution in [0.4, 0.5) is 0 Å². The molecular formula is C16H17BrClNO. The third-order valence-corrected chi connectivity index (χ3v) is 4.52. The SMILES string of the molecule is Cc1cccc(C(O)C(CN)c2ccc(Br)cc2)c1Cl. The van der Waals surface area contributed by atoms with Crippen molar-refractivity contribution in [1.29, 1.82) is 0 Å². The lowest BCUT2D eigenvalue weighted by molar-refractivity contribution is 0.147. The van der Waals surface area contributed by atoms with E-state index in [2.05, 4.69) is 15.9 Å². The zero-order chi connectivity index (χ0) is 14.7. The Hall–Kier alpha value is -0.870. The molecule has 0 aliphatic heterocycles. The maximum absolute atomic E-state index is 10.6. The highest BCUT2D eigenvalue weighted by Crippen LogP contribution is 2.35. The molecule has 2 aromatic carbocycles. The lowest BCUT2D eigenvalue weighted by Gasteiger charge is -2.23. The first kappa shape index (κ1) is 15.5. The molecule has 2 atom stereocenters. The van der Waals surface area contributed by atoms with Gasteiger partial charge < -0.3 is 10.8 Å². The van der Waals surface area contributed by atoms with E-state index in [1.807, 2.05) is 49.4 Å². The van der Waals surface area contributed by atoms with Crippen LogP contribution in [0.15, 0.2) is 46.9 Å². The van der Waals surface area contributed by atoms with E-state index in [-0.39, 0.29) is 5.92 Å². The maximum atomic E-state index is 10.6. The largest absolute Gasteiger partial charge is 0.388 e. The molecular weight excluding hydrogens is 338 g/mol. The van der Waals surface area contributed by atoms with E-state index in [9.17, 15) is 5.11 Å². The molecule has 4 heteroatoms. The monoisotopic (exact) mass is 353 g/mol. The van der Waals surface area contributed by atoms with E-state index in [0.29, 0.717) is 11.6 Å².